The van der Waals surface area contributed by atoms with E-state index < -0.39 is 22.2 Å². The van der Waals surface area contributed by atoms with Crippen LogP contribution in [0.1, 0.15) is 19.3 Å². The summed E-state index contributed by atoms with van der Waals surface area (Å²) in [6.07, 6.45) is -2.20. The van der Waals surface area contributed by atoms with Crippen LogP contribution in [-0.2, 0) is 19.6 Å². The molecule has 1 N–H and O–H groups in total. The normalized spacial score (nSPS) is 31.7. The standard InChI is InChI=1S/C16H29N3O3S.C2HF3O2/c1-17-6-8-18(9-7-17)11-16-15-10-19(5-4-13(15)12-22-16)23(20,21)14-2-3-14;3-2(4,5)1(6)7/h13-16H,2-12H2,1H3;(H,6,7)/t13-,15-,16+;/m0./s1. The van der Waals surface area contributed by atoms with E-state index in [0.29, 0.717) is 24.9 Å². The SMILES string of the molecule is CN1CCN(C[C@H]2OC[C@@H]3CCN(S(=O)(=O)C4CC4)C[C@@H]32)CC1.O=C(O)C(F)(F)F. The molecule has 3 heterocycles. The molecule has 3 aliphatic heterocycles. The Morgan fingerprint density at radius 3 is 2.23 bits per heavy atom. The number of hydrogen-bond acceptors (Lipinski definition) is 6. The van der Waals surface area contributed by atoms with Gasteiger partial charge in [0.15, 0.2) is 0 Å². The fourth-order valence-electron chi connectivity index (χ4n) is 4.28. The summed E-state index contributed by atoms with van der Waals surface area (Å²) in [6.45, 7) is 7.58. The van der Waals surface area contributed by atoms with E-state index in [1.54, 1.807) is 4.31 Å². The smallest absolute Gasteiger partial charge is 0.475 e. The Kier molecular flexibility index (Phi) is 7.33. The van der Waals surface area contributed by atoms with E-state index in [1.165, 1.54) is 0 Å². The van der Waals surface area contributed by atoms with Gasteiger partial charge in [-0.2, -0.15) is 13.2 Å². The maximum absolute atomic E-state index is 12.5. The molecule has 174 valence electrons. The molecule has 1 saturated carbocycles. The van der Waals surface area contributed by atoms with Crippen LogP contribution in [0.4, 0.5) is 13.2 Å². The van der Waals surface area contributed by atoms with Crippen molar-refractivity contribution in [1.82, 2.24) is 14.1 Å². The van der Waals surface area contributed by atoms with Crippen LogP contribution in [0.2, 0.25) is 0 Å². The first kappa shape index (κ1) is 23.7. The molecule has 12 heteroatoms. The third-order valence-electron chi connectivity index (χ3n) is 6.35. The lowest BCUT2D eigenvalue weighted by Gasteiger charge is -2.38. The summed E-state index contributed by atoms with van der Waals surface area (Å²) in [4.78, 5) is 13.7. The van der Waals surface area contributed by atoms with Gasteiger partial charge in [-0.25, -0.2) is 17.5 Å². The minimum atomic E-state index is -5.08. The largest absolute Gasteiger partial charge is 0.490 e. The average Bonchev–Trinajstić information content (AvgIpc) is 3.46. The monoisotopic (exact) mass is 457 g/mol. The Balaban J connectivity index is 0.000000318. The predicted octanol–water partition coefficient (Wildman–Crippen LogP) is 0.696. The number of piperidine rings is 1. The summed E-state index contributed by atoms with van der Waals surface area (Å²) >= 11 is 0. The van der Waals surface area contributed by atoms with Gasteiger partial charge >= 0.3 is 12.1 Å². The molecule has 1 aliphatic carbocycles. The molecular formula is C18H30F3N3O5S. The van der Waals surface area contributed by atoms with Crippen molar-refractivity contribution in [3.63, 3.8) is 0 Å². The molecule has 4 fully saturated rings. The number of fused-ring (bicyclic) bond motifs is 1. The van der Waals surface area contributed by atoms with Crippen LogP contribution in [-0.4, -0.2) is 111 Å². The van der Waals surface area contributed by atoms with E-state index in [-0.39, 0.29) is 11.4 Å². The molecule has 0 bridgehead atoms. The molecule has 0 radical (unpaired) electrons. The highest BCUT2D eigenvalue weighted by atomic mass is 32.2. The summed E-state index contributed by atoms with van der Waals surface area (Å²) in [5.74, 6) is -1.82. The Morgan fingerprint density at radius 2 is 1.70 bits per heavy atom. The lowest BCUT2D eigenvalue weighted by atomic mass is 9.85. The molecule has 4 rings (SSSR count). The molecule has 0 aromatic rings. The van der Waals surface area contributed by atoms with Gasteiger partial charge in [-0.05, 0) is 32.2 Å². The summed E-state index contributed by atoms with van der Waals surface area (Å²) in [5.41, 5.74) is 0. The molecule has 8 nitrogen and oxygen atoms in total. The summed E-state index contributed by atoms with van der Waals surface area (Å²) in [7, 11) is -0.866. The molecule has 30 heavy (non-hydrogen) atoms. The first-order valence-electron chi connectivity index (χ1n) is 10.3. The van der Waals surface area contributed by atoms with Gasteiger partial charge in [0.1, 0.15) is 0 Å². The highest BCUT2D eigenvalue weighted by Crippen LogP contribution is 2.39. The lowest BCUT2D eigenvalue weighted by Crippen LogP contribution is -2.51. The zero-order valence-corrected chi connectivity index (χ0v) is 17.9. The average molecular weight is 458 g/mol. The van der Waals surface area contributed by atoms with Crippen LogP contribution in [0.5, 0.6) is 0 Å². The zero-order valence-electron chi connectivity index (χ0n) is 17.1. The summed E-state index contributed by atoms with van der Waals surface area (Å²) < 4.78 is 64.7. The number of carbonyl (C=O) groups is 1. The van der Waals surface area contributed by atoms with Crippen LogP contribution in [0.25, 0.3) is 0 Å². The van der Waals surface area contributed by atoms with E-state index >= 15 is 0 Å². The second-order valence-electron chi connectivity index (χ2n) is 8.59. The number of ether oxygens (including phenoxy) is 1. The van der Waals surface area contributed by atoms with Crippen LogP contribution in [0, 0.1) is 11.8 Å². The van der Waals surface area contributed by atoms with E-state index in [9.17, 15) is 21.6 Å². The van der Waals surface area contributed by atoms with E-state index in [1.807, 2.05) is 0 Å². The first-order chi connectivity index (χ1) is 14.0. The zero-order chi connectivity index (χ0) is 22.1. The van der Waals surface area contributed by atoms with Crippen LogP contribution >= 0.6 is 0 Å². The second-order valence-corrected chi connectivity index (χ2v) is 10.8. The third kappa shape index (κ3) is 5.84. The van der Waals surface area contributed by atoms with Gasteiger partial charge in [0.25, 0.3) is 0 Å². The van der Waals surface area contributed by atoms with Gasteiger partial charge in [-0.15, -0.1) is 0 Å². The maximum Gasteiger partial charge on any atom is 0.490 e. The second kappa shape index (κ2) is 9.27. The molecule has 0 unspecified atom stereocenters. The van der Waals surface area contributed by atoms with Gasteiger partial charge in [0, 0.05) is 51.7 Å². The molecule has 0 amide bonds. The van der Waals surface area contributed by atoms with Crippen molar-refractivity contribution in [3.8, 4) is 0 Å². The third-order valence-corrected chi connectivity index (χ3v) is 8.72. The highest BCUT2D eigenvalue weighted by Gasteiger charge is 2.47. The highest BCUT2D eigenvalue weighted by molar-refractivity contribution is 7.90. The number of piperazine rings is 1. The van der Waals surface area contributed by atoms with Crippen molar-refractivity contribution >= 4 is 16.0 Å². The van der Waals surface area contributed by atoms with Crippen molar-refractivity contribution in [3.05, 3.63) is 0 Å². The van der Waals surface area contributed by atoms with Crippen molar-refractivity contribution in [1.29, 1.82) is 0 Å². The molecule has 0 aromatic heterocycles. The van der Waals surface area contributed by atoms with Gasteiger partial charge in [0.05, 0.1) is 18.0 Å². The topological polar surface area (TPSA) is 90.4 Å². The van der Waals surface area contributed by atoms with E-state index in [4.69, 9.17) is 14.6 Å². The fourth-order valence-corrected chi connectivity index (χ4v) is 6.17. The molecule has 0 aromatic carbocycles. The predicted molar refractivity (Wildman–Crippen MR) is 102 cm³/mol. The Bertz CT molecular complexity index is 708. The molecule has 0 spiro atoms. The van der Waals surface area contributed by atoms with Gasteiger partial charge < -0.3 is 14.7 Å². The number of likely N-dealkylation sites (N-methyl/N-ethyl adjacent to an activating group) is 1. The minimum absolute atomic E-state index is 0.0857. The fraction of sp³-hybridized carbons (Fsp3) is 0.944. The number of nitrogens with zero attached hydrogens (tertiary/aromatic N) is 3. The molecular weight excluding hydrogens is 427 g/mol. The number of aliphatic carboxylic acids is 1. The number of carboxylic acid groups (broad SMARTS) is 1. The van der Waals surface area contributed by atoms with Crippen molar-refractivity contribution < 1.29 is 36.2 Å². The quantitative estimate of drug-likeness (QED) is 0.665. The van der Waals surface area contributed by atoms with Gasteiger partial charge in [-0.1, -0.05) is 0 Å². The number of carboxylic acids is 1. The van der Waals surface area contributed by atoms with E-state index in [0.717, 1.165) is 58.6 Å². The van der Waals surface area contributed by atoms with Gasteiger partial charge in [-0.3, -0.25) is 4.90 Å². The van der Waals surface area contributed by atoms with Crippen molar-refractivity contribution in [2.45, 2.75) is 36.8 Å². The van der Waals surface area contributed by atoms with Crippen LogP contribution < -0.4 is 0 Å². The Morgan fingerprint density at radius 1 is 1.10 bits per heavy atom. The Labute approximate surface area is 175 Å². The first-order valence-corrected chi connectivity index (χ1v) is 11.8. The number of sulfonamides is 1. The number of hydrogen-bond donors (Lipinski definition) is 1. The lowest BCUT2D eigenvalue weighted by molar-refractivity contribution is -0.192. The van der Waals surface area contributed by atoms with Crippen molar-refractivity contribution in [2.24, 2.45) is 11.8 Å². The van der Waals surface area contributed by atoms with Crippen LogP contribution in [0.3, 0.4) is 0 Å². The maximum atomic E-state index is 12.5. The summed E-state index contributed by atoms with van der Waals surface area (Å²) in [5, 5.41) is 7.04. The molecule has 4 aliphatic rings. The van der Waals surface area contributed by atoms with E-state index in [2.05, 4.69) is 16.8 Å². The van der Waals surface area contributed by atoms with Crippen molar-refractivity contribution in [2.75, 3.05) is 59.5 Å². The van der Waals surface area contributed by atoms with Crippen LogP contribution in [0.15, 0.2) is 0 Å². The number of alkyl halides is 3. The molecule has 3 saturated heterocycles. The number of rotatable bonds is 4. The van der Waals surface area contributed by atoms with Gasteiger partial charge in [0.2, 0.25) is 10.0 Å². The number of halogens is 3. The summed E-state index contributed by atoms with van der Waals surface area (Å²) in [6, 6.07) is 0. The molecule has 3 atom stereocenters. The minimum Gasteiger partial charge on any atom is -0.475 e. The Hall–Kier alpha value is -0.950.